The molecule has 0 aliphatic carbocycles. The molecule has 2 N–H and O–H groups in total. The Balaban J connectivity index is 2.04. The predicted molar refractivity (Wildman–Crippen MR) is 71.0 cm³/mol. The van der Waals surface area contributed by atoms with E-state index in [9.17, 15) is 9.90 Å². The molecule has 0 spiro atoms. The minimum atomic E-state index is -0.346. The molecule has 0 unspecified atom stereocenters. The highest BCUT2D eigenvalue weighted by molar-refractivity contribution is 6.06. The maximum absolute atomic E-state index is 11.8. The van der Waals surface area contributed by atoms with Crippen molar-refractivity contribution in [1.82, 2.24) is 0 Å². The lowest BCUT2D eigenvalue weighted by Gasteiger charge is -2.00. The minimum Gasteiger partial charge on any atom is -0.508 e. The van der Waals surface area contributed by atoms with Gasteiger partial charge in [-0.2, -0.15) is 0 Å². The van der Waals surface area contributed by atoms with Gasteiger partial charge < -0.3 is 14.6 Å². The Hall–Kier alpha value is -2.75. The second-order valence-corrected chi connectivity index (χ2v) is 3.80. The first kappa shape index (κ1) is 12.7. The van der Waals surface area contributed by atoms with Crippen LogP contribution in [0.25, 0.3) is 6.08 Å². The van der Waals surface area contributed by atoms with Crippen LogP contribution in [0.2, 0.25) is 0 Å². The van der Waals surface area contributed by atoms with Gasteiger partial charge in [-0.15, -0.1) is 0 Å². The second-order valence-electron chi connectivity index (χ2n) is 3.80. The van der Waals surface area contributed by atoms with Crippen LogP contribution in [0.4, 0.5) is 0 Å². The molecule has 0 amide bonds. The maximum Gasteiger partial charge on any atom is 0.189 e. The summed E-state index contributed by atoms with van der Waals surface area (Å²) < 4.78 is 5.08. The number of rotatable bonds is 4. The van der Waals surface area contributed by atoms with E-state index >= 15 is 0 Å². The molecule has 96 valence electrons. The number of benzene rings is 1. The Morgan fingerprint density at radius 2 is 2.00 bits per heavy atom. The Labute approximate surface area is 109 Å². The van der Waals surface area contributed by atoms with Gasteiger partial charge in [0.2, 0.25) is 0 Å². The third kappa shape index (κ3) is 3.35. The number of phenols is 2. The number of hydrogen-bond donors (Lipinski definition) is 2. The van der Waals surface area contributed by atoms with E-state index < -0.39 is 0 Å². The predicted octanol–water partition coefficient (Wildman–Crippen LogP) is 3.14. The van der Waals surface area contributed by atoms with Gasteiger partial charge in [-0.3, -0.25) is 4.79 Å². The van der Waals surface area contributed by atoms with Gasteiger partial charge in [0.1, 0.15) is 17.3 Å². The summed E-state index contributed by atoms with van der Waals surface area (Å²) in [7, 11) is 0. The largest absolute Gasteiger partial charge is 0.508 e. The van der Waals surface area contributed by atoms with Gasteiger partial charge in [-0.1, -0.05) is 12.2 Å². The smallest absolute Gasteiger partial charge is 0.189 e. The molecule has 0 saturated carbocycles. The van der Waals surface area contributed by atoms with Crippen LogP contribution in [0.3, 0.4) is 0 Å². The van der Waals surface area contributed by atoms with Gasteiger partial charge >= 0.3 is 0 Å². The lowest BCUT2D eigenvalue weighted by Crippen LogP contribution is -1.94. The SMILES string of the molecule is O=C(/C=C/C=C/c1ccco1)c1ccc(O)cc1O. The zero-order valence-corrected chi connectivity index (χ0v) is 9.98. The fourth-order valence-electron chi connectivity index (χ4n) is 1.50. The van der Waals surface area contributed by atoms with Gasteiger partial charge in [0, 0.05) is 6.07 Å². The summed E-state index contributed by atoms with van der Waals surface area (Å²) >= 11 is 0. The molecule has 4 nitrogen and oxygen atoms in total. The highest BCUT2D eigenvalue weighted by Gasteiger charge is 2.07. The molecule has 0 atom stereocenters. The molecule has 1 aromatic heterocycles. The summed E-state index contributed by atoms with van der Waals surface area (Å²) in [5.41, 5.74) is 0.139. The highest BCUT2D eigenvalue weighted by Crippen LogP contribution is 2.23. The molecule has 1 heterocycles. The molecule has 0 radical (unpaired) electrons. The molecule has 4 heteroatoms. The molecule has 0 aliphatic heterocycles. The first-order chi connectivity index (χ1) is 9.16. The Kier molecular flexibility index (Phi) is 3.83. The molecule has 2 aromatic rings. The van der Waals surface area contributed by atoms with Crippen LogP contribution in [-0.4, -0.2) is 16.0 Å². The van der Waals surface area contributed by atoms with E-state index in [0.29, 0.717) is 5.76 Å². The zero-order valence-electron chi connectivity index (χ0n) is 9.98. The minimum absolute atomic E-state index is 0.0873. The normalized spacial score (nSPS) is 11.4. The highest BCUT2D eigenvalue weighted by atomic mass is 16.3. The van der Waals surface area contributed by atoms with Gasteiger partial charge in [-0.05, 0) is 36.4 Å². The quantitative estimate of drug-likeness (QED) is 0.501. The topological polar surface area (TPSA) is 70.7 Å². The van der Waals surface area contributed by atoms with E-state index in [2.05, 4.69) is 0 Å². The summed E-state index contributed by atoms with van der Waals surface area (Å²) in [5, 5.41) is 18.6. The van der Waals surface area contributed by atoms with Crippen LogP contribution in [-0.2, 0) is 0 Å². The number of hydrogen-bond acceptors (Lipinski definition) is 4. The fourth-order valence-corrected chi connectivity index (χ4v) is 1.50. The van der Waals surface area contributed by atoms with Gasteiger partial charge in [0.15, 0.2) is 5.78 Å². The van der Waals surface area contributed by atoms with Crippen molar-refractivity contribution >= 4 is 11.9 Å². The molecule has 0 aliphatic rings. The molecule has 19 heavy (non-hydrogen) atoms. The van der Waals surface area contributed by atoms with E-state index in [1.165, 1.54) is 18.2 Å². The summed E-state index contributed by atoms with van der Waals surface area (Å²) in [4.78, 5) is 11.8. The number of carbonyl (C=O) groups excluding carboxylic acids is 1. The van der Waals surface area contributed by atoms with Gasteiger partial charge in [0.05, 0.1) is 11.8 Å². The van der Waals surface area contributed by atoms with Crippen LogP contribution in [0.15, 0.2) is 59.2 Å². The monoisotopic (exact) mass is 256 g/mol. The molecular weight excluding hydrogens is 244 g/mol. The van der Waals surface area contributed by atoms with Crippen molar-refractivity contribution in [3.63, 3.8) is 0 Å². The van der Waals surface area contributed by atoms with Crippen LogP contribution in [0.1, 0.15) is 16.1 Å². The standard InChI is InChI=1S/C15H12O4/c16-11-7-8-13(15(18)10-11)14(17)6-2-1-4-12-5-3-9-19-12/h1-10,16,18H/b4-1+,6-2+. The van der Waals surface area contributed by atoms with Gasteiger partial charge in [0.25, 0.3) is 0 Å². The van der Waals surface area contributed by atoms with E-state index in [1.54, 1.807) is 36.6 Å². The van der Waals surface area contributed by atoms with Gasteiger partial charge in [-0.25, -0.2) is 0 Å². The number of aromatic hydroxyl groups is 2. The average molecular weight is 256 g/mol. The third-order valence-corrected chi connectivity index (χ3v) is 2.41. The van der Waals surface area contributed by atoms with E-state index in [-0.39, 0.29) is 22.8 Å². The van der Waals surface area contributed by atoms with Crippen molar-refractivity contribution in [2.24, 2.45) is 0 Å². The summed E-state index contributed by atoms with van der Waals surface area (Å²) in [6, 6.07) is 7.40. The van der Waals surface area contributed by atoms with Crippen LogP contribution in [0, 0.1) is 0 Å². The fraction of sp³-hybridized carbons (Fsp3) is 0. The lowest BCUT2D eigenvalue weighted by atomic mass is 10.1. The molecule has 0 saturated heterocycles. The maximum atomic E-state index is 11.8. The van der Waals surface area contributed by atoms with Crippen molar-refractivity contribution in [1.29, 1.82) is 0 Å². The van der Waals surface area contributed by atoms with Crippen LogP contribution >= 0.6 is 0 Å². The average Bonchev–Trinajstić information content (AvgIpc) is 2.87. The molecule has 2 rings (SSSR count). The summed E-state index contributed by atoms with van der Waals surface area (Å²) in [5.74, 6) is 0.00610. The van der Waals surface area contributed by atoms with Crippen molar-refractivity contribution in [3.05, 3.63) is 66.1 Å². The molecule has 1 aromatic carbocycles. The van der Waals surface area contributed by atoms with Crippen LogP contribution < -0.4 is 0 Å². The number of phenolic OH excluding ortho intramolecular Hbond substituents is 2. The number of ketones is 1. The summed E-state index contributed by atoms with van der Waals surface area (Å²) in [6.45, 7) is 0. The van der Waals surface area contributed by atoms with E-state index in [4.69, 9.17) is 9.52 Å². The molecule has 0 fully saturated rings. The van der Waals surface area contributed by atoms with Crippen molar-refractivity contribution in [2.75, 3.05) is 0 Å². The first-order valence-electron chi connectivity index (χ1n) is 5.61. The second kappa shape index (κ2) is 5.73. The third-order valence-electron chi connectivity index (χ3n) is 2.41. The van der Waals surface area contributed by atoms with E-state index in [1.807, 2.05) is 0 Å². The number of carbonyl (C=O) groups is 1. The van der Waals surface area contributed by atoms with Crippen molar-refractivity contribution < 1.29 is 19.4 Å². The van der Waals surface area contributed by atoms with Crippen molar-refractivity contribution in [3.8, 4) is 11.5 Å². The summed E-state index contributed by atoms with van der Waals surface area (Å²) in [6.07, 6.45) is 7.81. The Morgan fingerprint density at radius 1 is 1.16 bits per heavy atom. The Morgan fingerprint density at radius 3 is 2.68 bits per heavy atom. The molecular formula is C15H12O4. The van der Waals surface area contributed by atoms with E-state index in [0.717, 1.165) is 6.07 Å². The Bertz CT molecular complexity index is 622. The van der Waals surface area contributed by atoms with Crippen molar-refractivity contribution in [2.45, 2.75) is 0 Å². The number of allylic oxidation sites excluding steroid dienone is 3. The van der Waals surface area contributed by atoms with Crippen LogP contribution in [0.5, 0.6) is 11.5 Å². The zero-order chi connectivity index (χ0) is 13.7. The lowest BCUT2D eigenvalue weighted by molar-refractivity contribution is 0.104. The number of furan rings is 1. The molecule has 0 bridgehead atoms. The first-order valence-corrected chi connectivity index (χ1v) is 5.61.